The van der Waals surface area contributed by atoms with E-state index in [4.69, 9.17) is 2.74 Å². The summed E-state index contributed by atoms with van der Waals surface area (Å²) in [6.45, 7) is 0.208. The van der Waals surface area contributed by atoms with Crippen LogP contribution in [0.2, 0.25) is 0 Å². The first-order valence-corrected chi connectivity index (χ1v) is 2.18. The Morgan fingerprint density at radius 1 is 1.50 bits per heavy atom. The van der Waals surface area contributed by atoms with Crippen molar-refractivity contribution in [3.63, 3.8) is 0 Å². The highest BCUT2D eigenvalue weighted by Crippen LogP contribution is 1.92. The Hall–Kier alpha value is -0.820. The Labute approximate surface area is 52.7 Å². The number of aryl methyl sites for hydroxylation is 1. The van der Waals surface area contributed by atoms with E-state index in [0.717, 1.165) is 5.56 Å². The van der Waals surface area contributed by atoms with Crippen molar-refractivity contribution in [2.45, 2.75) is 6.90 Å². The molecule has 0 amide bonds. The maximum atomic E-state index is 7.25. The molecule has 1 nitrogen and oxygen atoms in total. The van der Waals surface area contributed by atoms with Gasteiger partial charge in [-0.2, -0.15) is 0 Å². The molecule has 0 radical (unpaired) electrons. The van der Waals surface area contributed by atoms with E-state index in [1.165, 1.54) is 0 Å². The predicted octanol–water partition coefficient (Wildman–Crippen LogP) is 2.16. The van der Waals surface area contributed by atoms with E-state index in [0.29, 0.717) is 6.04 Å². The third kappa shape index (κ3) is 1.76. The smallest absolute Gasteiger partial charge is 0.0625 e. The van der Waals surface area contributed by atoms with E-state index in [9.17, 15) is 0 Å². The van der Waals surface area contributed by atoms with Crippen molar-refractivity contribution in [3.8, 4) is 0 Å². The summed E-state index contributed by atoms with van der Waals surface area (Å²) >= 11 is 0. The fraction of sp³-hybridized carbons (Fsp3) is 0.143. The summed E-state index contributed by atoms with van der Waals surface area (Å²) in [4.78, 5) is 0. The molecule has 0 aliphatic heterocycles. The lowest BCUT2D eigenvalue weighted by Gasteiger charge is -1.82. The Morgan fingerprint density at radius 2 is 2.38 bits per heavy atom. The van der Waals surface area contributed by atoms with Crippen LogP contribution in [0.3, 0.4) is 0 Å². The molecular formula is C7H11N. The number of hydrogen-bond donors (Lipinski definition) is 1. The Kier molecular flexibility index (Phi) is 1.65. The molecule has 44 valence electrons. The van der Waals surface area contributed by atoms with Crippen LogP contribution in [0.5, 0.6) is 0 Å². The molecule has 3 N–H and O–H groups in total. The van der Waals surface area contributed by atoms with Crippen molar-refractivity contribution in [1.29, 1.82) is 0 Å². The van der Waals surface area contributed by atoms with Crippen LogP contribution in [0.4, 0.5) is 0 Å². The summed E-state index contributed by atoms with van der Waals surface area (Å²) in [7, 11) is 0. The van der Waals surface area contributed by atoms with Gasteiger partial charge in [-0.3, -0.25) is 0 Å². The molecule has 0 unspecified atom stereocenters. The summed E-state index contributed by atoms with van der Waals surface area (Å²) in [5, 5.41) is 0. The van der Waals surface area contributed by atoms with Gasteiger partial charge in [-0.15, -0.1) is 0 Å². The maximum absolute atomic E-state index is 7.25. The van der Waals surface area contributed by atoms with Crippen LogP contribution in [0, 0.1) is 6.90 Å². The zero-order chi connectivity index (χ0) is 6.69. The average molecular weight is 111 g/mol. The Morgan fingerprint density at radius 3 is 2.88 bits per heavy atom. The molecule has 0 bridgehead atoms. The minimum Gasteiger partial charge on any atom is -0.344 e. The third-order valence-electron chi connectivity index (χ3n) is 0.773. The lowest BCUT2D eigenvalue weighted by molar-refractivity contribution is 1.48. The molecule has 0 spiro atoms. The predicted molar refractivity (Wildman–Crippen MR) is 36.2 cm³/mol. The van der Waals surface area contributed by atoms with E-state index >= 15 is 0 Å². The molecular weight excluding hydrogens is 98.1 g/mol. The highest BCUT2D eigenvalue weighted by atomic mass is 14.0. The standard InChI is InChI=1S/C7H8.H3N/c1-7-5-3-2-4-6-7;/h2-6H,1H3;1H3/i1D,5D;. The van der Waals surface area contributed by atoms with Gasteiger partial charge in [0.2, 0.25) is 0 Å². The van der Waals surface area contributed by atoms with E-state index in [2.05, 4.69) is 0 Å². The molecule has 0 aliphatic carbocycles. The van der Waals surface area contributed by atoms with E-state index in [1.54, 1.807) is 12.1 Å². The van der Waals surface area contributed by atoms with Gasteiger partial charge < -0.3 is 6.15 Å². The van der Waals surface area contributed by atoms with Crippen LogP contribution in [0.15, 0.2) is 30.3 Å². The summed E-state index contributed by atoms with van der Waals surface area (Å²) in [6, 6.07) is 7.62. The lowest BCUT2D eigenvalue weighted by Crippen LogP contribution is -1.62. The van der Waals surface area contributed by atoms with Gasteiger partial charge in [-0.1, -0.05) is 35.9 Å². The van der Waals surface area contributed by atoms with E-state index in [-0.39, 0.29) is 13.1 Å². The van der Waals surface area contributed by atoms with Crippen molar-refractivity contribution in [3.05, 3.63) is 35.9 Å². The van der Waals surface area contributed by atoms with Crippen molar-refractivity contribution in [2.75, 3.05) is 0 Å². The zero-order valence-electron chi connectivity index (χ0n) is 6.72. The monoisotopic (exact) mass is 111 g/mol. The first kappa shape index (κ1) is 4.10. The molecule has 0 heterocycles. The summed E-state index contributed by atoms with van der Waals surface area (Å²) in [5.41, 5.74) is 0.789. The minimum atomic E-state index is 0. The topological polar surface area (TPSA) is 35.0 Å². The summed E-state index contributed by atoms with van der Waals surface area (Å²) < 4.78 is 14.2. The largest absolute Gasteiger partial charge is 0.344 e. The molecule has 1 aromatic carbocycles. The van der Waals surface area contributed by atoms with Gasteiger partial charge >= 0.3 is 0 Å². The summed E-state index contributed by atoms with van der Waals surface area (Å²) in [6.07, 6.45) is 0. The molecule has 0 fully saturated rings. The van der Waals surface area contributed by atoms with Crippen molar-refractivity contribution < 1.29 is 2.74 Å². The van der Waals surface area contributed by atoms with Gasteiger partial charge in [0.1, 0.15) is 0 Å². The van der Waals surface area contributed by atoms with Crippen LogP contribution in [-0.4, -0.2) is 0 Å². The number of rotatable bonds is 0. The molecule has 1 heteroatoms. The first-order valence-electron chi connectivity index (χ1n) is 3.39. The first-order chi connectivity index (χ1) is 4.34. The van der Waals surface area contributed by atoms with Crippen LogP contribution in [-0.2, 0) is 0 Å². The zero-order valence-corrected chi connectivity index (χ0v) is 4.72. The molecule has 0 aliphatic rings. The van der Waals surface area contributed by atoms with Crippen LogP contribution >= 0.6 is 0 Å². The van der Waals surface area contributed by atoms with Crippen molar-refractivity contribution in [1.82, 2.24) is 6.15 Å². The van der Waals surface area contributed by atoms with Crippen molar-refractivity contribution >= 4 is 0 Å². The highest BCUT2D eigenvalue weighted by Gasteiger charge is 1.72. The molecule has 1 rings (SSSR count). The maximum Gasteiger partial charge on any atom is 0.0625 e. The summed E-state index contributed by atoms with van der Waals surface area (Å²) in [5.74, 6) is 0. The van der Waals surface area contributed by atoms with Gasteiger partial charge in [0.15, 0.2) is 0 Å². The average Bonchev–Trinajstić information content (AvgIpc) is 1.89. The SMILES string of the molecule is N.[2H]Cc1ccccc1[2H]. The molecule has 0 saturated heterocycles. The fourth-order valence-corrected chi connectivity index (χ4v) is 0.431. The second-order valence-electron chi connectivity index (χ2n) is 1.39. The second kappa shape index (κ2) is 3.22. The normalized spacial score (nSPS) is 11.0. The van der Waals surface area contributed by atoms with Gasteiger partial charge in [0.25, 0.3) is 0 Å². The van der Waals surface area contributed by atoms with Gasteiger partial charge in [-0.05, 0) is 6.90 Å². The van der Waals surface area contributed by atoms with E-state index < -0.39 is 0 Å². The van der Waals surface area contributed by atoms with Crippen LogP contribution < -0.4 is 6.15 Å². The Bertz CT molecular complexity index is 201. The van der Waals surface area contributed by atoms with E-state index in [1.807, 2.05) is 12.1 Å². The second-order valence-corrected chi connectivity index (χ2v) is 1.39. The number of hydrogen-bond acceptors (Lipinski definition) is 1. The Balaban J connectivity index is 0.000000810. The van der Waals surface area contributed by atoms with Gasteiger partial charge in [-0.25, -0.2) is 0 Å². The van der Waals surface area contributed by atoms with Crippen LogP contribution in [0.1, 0.15) is 8.30 Å². The van der Waals surface area contributed by atoms with Gasteiger partial charge in [0, 0.05) is 1.37 Å². The fourth-order valence-electron chi connectivity index (χ4n) is 0.431. The van der Waals surface area contributed by atoms with Crippen LogP contribution in [0.25, 0.3) is 0 Å². The van der Waals surface area contributed by atoms with Crippen molar-refractivity contribution in [2.24, 2.45) is 0 Å². The molecule has 0 saturated carbocycles. The molecule has 1 aromatic rings. The van der Waals surface area contributed by atoms with Gasteiger partial charge in [0.05, 0.1) is 1.37 Å². The highest BCUT2D eigenvalue weighted by molar-refractivity contribution is 5.11. The third-order valence-corrected chi connectivity index (χ3v) is 0.773. The minimum absolute atomic E-state index is 0. The number of benzene rings is 1. The molecule has 0 atom stereocenters. The quantitative estimate of drug-likeness (QED) is 0.547. The molecule has 8 heavy (non-hydrogen) atoms. The molecule has 0 aromatic heterocycles. The lowest BCUT2D eigenvalue weighted by atomic mass is 10.2.